The molecule has 0 spiro atoms. The molecule has 0 aromatic heterocycles. The fourth-order valence-corrected chi connectivity index (χ4v) is 3.90. The Bertz CT molecular complexity index is 647. The lowest BCUT2D eigenvalue weighted by molar-refractivity contribution is -0.144. The van der Waals surface area contributed by atoms with Crippen molar-refractivity contribution in [2.75, 3.05) is 20.2 Å². The lowest BCUT2D eigenvalue weighted by Gasteiger charge is -2.16. The van der Waals surface area contributed by atoms with Crippen molar-refractivity contribution in [2.24, 2.45) is 11.8 Å². The molecule has 1 heterocycles. The summed E-state index contributed by atoms with van der Waals surface area (Å²) in [6, 6.07) is 5.45. The van der Waals surface area contributed by atoms with Crippen LogP contribution in [-0.4, -0.2) is 50.4 Å². The van der Waals surface area contributed by atoms with Gasteiger partial charge in [0.2, 0.25) is 16.4 Å². The SMILES string of the molecule is COc1ccc(S(=O)(=O)N2C[C@@H](C(=O)O)[C@H](C(F)F)C2)cc1. The fourth-order valence-electron chi connectivity index (χ4n) is 2.40. The van der Waals surface area contributed by atoms with Gasteiger partial charge in [0.15, 0.2) is 0 Å². The van der Waals surface area contributed by atoms with E-state index in [-0.39, 0.29) is 4.90 Å². The number of alkyl halides is 2. The first-order chi connectivity index (χ1) is 10.3. The number of ether oxygens (including phenoxy) is 1. The minimum atomic E-state index is -4.02. The molecule has 1 aromatic rings. The Labute approximate surface area is 126 Å². The number of rotatable bonds is 5. The summed E-state index contributed by atoms with van der Waals surface area (Å²) < 4.78 is 56.4. The highest BCUT2D eigenvalue weighted by Crippen LogP contribution is 2.33. The van der Waals surface area contributed by atoms with Gasteiger partial charge >= 0.3 is 5.97 Å². The Morgan fingerprint density at radius 1 is 1.32 bits per heavy atom. The first kappa shape index (κ1) is 16.6. The number of carboxylic acids is 1. The van der Waals surface area contributed by atoms with Crippen LogP contribution < -0.4 is 4.74 Å². The van der Waals surface area contributed by atoms with E-state index in [0.717, 1.165) is 4.31 Å². The summed E-state index contributed by atoms with van der Waals surface area (Å²) in [6.45, 7) is -0.971. The molecule has 2 rings (SSSR count). The van der Waals surface area contributed by atoms with Gasteiger partial charge in [-0.15, -0.1) is 0 Å². The first-order valence-electron chi connectivity index (χ1n) is 6.42. The van der Waals surface area contributed by atoms with Crippen LogP contribution in [-0.2, 0) is 14.8 Å². The molecule has 9 heteroatoms. The Kier molecular flexibility index (Phi) is 4.66. The highest BCUT2D eigenvalue weighted by atomic mass is 32.2. The fraction of sp³-hybridized carbons (Fsp3) is 0.462. The van der Waals surface area contributed by atoms with E-state index in [1.54, 1.807) is 0 Å². The third-order valence-corrected chi connectivity index (χ3v) is 5.52. The summed E-state index contributed by atoms with van der Waals surface area (Å²) in [5.74, 6) is -3.88. The maximum atomic E-state index is 12.9. The van der Waals surface area contributed by atoms with Crippen LogP contribution in [0.2, 0.25) is 0 Å². The van der Waals surface area contributed by atoms with E-state index in [1.807, 2.05) is 0 Å². The van der Waals surface area contributed by atoms with Crippen LogP contribution in [0, 0.1) is 11.8 Å². The van der Waals surface area contributed by atoms with Crippen LogP contribution in [0.3, 0.4) is 0 Å². The molecule has 0 unspecified atom stereocenters. The van der Waals surface area contributed by atoms with Crippen molar-refractivity contribution in [3.05, 3.63) is 24.3 Å². The van der Waals surface area contributed by atoms with Crippen LogP contribution in [0.1, 0.15) is 0 Å². The highest BCUT2D eigenvalue weighted by Gasteiger charge is 2.46. The van der Waals surface area contributed by atoms with Crippen molar-refractivity contribution >= 4 is 16.0 Å². The van der Waals surface area contributed by atoms with Gasteiger partial charge in [-0.3, -0.25) is 4.79 Å². The number of nitrogens with zero attached hydrogens (tertiary/aromatic N) is 1. The van der Waals surface area contributed by atoms with E-state index in [9.17, 15) is 22.0 Å². The maximum Gasteiger partial charge on any atom is 0.308 e. The van der Waals surface area contributed by atoms with E-state index in [4.69, 9.17) is 9.84 Å². The van der Waals surface area contributed by atoms with Gasteiger partial charge in [-0.05, 0) is 24.3 Å². The average molecular weight is 335 g/mol. The zero-order valence-electron chi connectivity index (χ0n) is 11.6. The smallest absolute Gasteiger partial charge is 0.308 e. The number of aliphatic carboxylic acids is 1. The highest BCUT2D eigenvalue weighted by molar-refractivity contribution is 7.89. The van der Waals surface area contributed by atoms with Gasteiger partial charge in [-0.1, -0.05) is 0 Å². The Hall–Kier alpha value is -1.74. The van der Waals surface area contributed by atoms with E-state index >= 15 is 0 Å². The number of benzene rings is 1. The first-order valence-corrected chi connectivity index (χ1v) is 7.86. The predicted octanol–water partition coefficient (Wildman–Crippen LogP) is 1.28. The van der Waals surface area contributed by atoms with Gasteiger partial charge in [-0.2, -0.15) is 4.31 Å². The van der Waals surface area contributed by atoms with E-state index < -0.39 is 47.3 Å². The molecule has 1 N–H and O–H groups in total. The van der Waals surface area contributed by atoms with Crippen LogP contribution in [0.5, 0.6) is 5.75 Å². The van der Waals surface area contributed by atoms with Crippen molar-refractivity contribution < 1.29 is 31.8 Å². The lowest BCUT2D eigenvalue weighted by atomic mass is 9.97. The number of halogens is 2. The van der Waals surface area contributed by atoms with Gasteiger partial charge in [0.25, 0.3) is 0 Å². The second-order valence-corrected chi connectivity index (χ2v) is 6.88. The molecular weight excluding hydrogens is 320 g/mol. The quantitative estimate of drug-likeness (QED) is 0.876. The second kappa shape index (κ2) is 6.17. The Balaban J connectivity index is 2.28. The van der Waals surface area contributed by atoms with Crippen LogP contribution >= 0.6 is 0 Å². The summed E-state index contributed by atoms with van der Waals surface area (Å²) in [6.07, 6.45) is -2.89. The maximum absolute atomic E-state index is 12.9. The monoisotopic (exact) mass is 335 g/mol. The molecule has 1 fully saturated rings. The predicted molar refractivity (Wildman–Crippen MR) is 72.4 cm³/mol. The molecule has 1 aromatic carbocycles. The Morgan fingerprint density at radius 2 is 1.91 bits per heavy atom. The topological polar surface area (TPSA) is 83.9 Å². The average Bonchev–Trinajstić information content (AvgIpc) is 2.93. The molecule has 1 aliphatic rings. The minimum absolute atomic E-state index is 0.0904. The molecule has 122 valence electrons. The second-order valence-electron chi connectivity index (χ2n) is 4.94. The normalized spacial score (nSPS) is 22.9. The van der Waals surface area contributed by atoms with E-state index in [2.05, 4.69) is 0 Å². The zero-order chi connectivity index (χ0) is 16.5. The number of hydrogen-bond acceptors (Lipinski definition) is 4. The third-order valence-electron chi connectivity index (χ3n) is 3.67. The third kappa shape index (κ3) is 3.05. The van der Waals surface area contributed by atoms with Gasteiger partial charge in [0.1, 0.15) is 5.75 Å². The number of carbonyl (C=O) groups is 1. The van der Waals surface area contributed by atoms with Crippen LogP contribution in [0.15, 0.2) is 29.2 Å². The van der Waals surface area contributed by atoms with Gasteiger partial charge in [0.05, 0.1) is 17.9 Å². The van der Waals surface area contributed by atoms with Crippen molar-refractivity contribution in [1.82, 2.24) is 4.31 Å². The minimum Gasteiger partial charge on any atom is -0.497 e. The molecule has 6 nitrogen and oxygen atoms in total. The summed E-state index contributed by atoms with van der Waals surface area (Å²) in [5.41, 5.74) is 0. The summed E-state index contributed by atoms with van der Waals surface area (Å²) in [7, 11) is -2.59. The molecule has 1 aliphatic heterocycles. The number of sulfonamides is 1. The van der Waals surface area contributed by atoms with Crippen molar-refractivity contribution in [1.29, 1.82) is 0 Å². The summed E-state index contributed by atoms with van der Waals surface area (Å²) >= 11 is 0. The number of carboxylic acid groups (broad SMARTS) is 1. The molecule has 0 amide bonds. The van der Waals surface area contributed by atoms with E-state index in [0.29, 0.717) is 5.75 Å². The van der Waals surface area contributed by atoms with Gasteiger partial charge in [0, 0.05) is 19.0 Å². The molecule has 1 saturated heterocycles. The largest absolute Gasteiger partial charge is 0.497 e. The molecule has 0 radical (unpaired) electrons. The molecule has 0 bridgehead atoms. The lowest BCUT2D eigenvalue weighted by Crippen LogP contribution is -2.30. The van der Waals surface area contributed by atoms with Crippen molar-refractivity contribution in [3.8, 4) is 5.75 Å². The number of methoxy groups -OCH3 is 1. The van der Waals surface area contributed by atoms with Gasteiger partial charge < -0.3 is 9.84 Å². The Morgan fingerprint density at radius 3 is 2.32 bits per heavy atom. The molecule has 2 atom stereocenters. The molecule has 0 saturated carbocycles. The molecule has 22 heavy (non-hydrogen) atoms. The summed E-state index contributed by atoms with van der Waals surface area (Å²) in [5, 5.41) is 8.98. The molecule has 0 aliphatic carbocycles. The van der Waals surface area contributed by atoms with Crippen LogP contribution in [0.4, 0.5) is 8.78 Å². The van der Waals surface area contributed by atoms with Gasteiger partial charge in [-0.25, -0.2) is 17.2 Å². The zero-order valence-corrected chi connectivity index (χ0v) is 12.5. The van der Waals surface area contributed by atoms with Crippen LogP contribution in [0.25, 0.3) is 0 Å². The van der Waals surface area contributed by atoms with Crippen molar-refractivity contribution in [3.63, 3.8) is 0 Å². The van der Waals surface area contributed by atoms with E-state index in [1.165, 1.54) is 31.4 Å². The summed E-state index contributed by atoms with van der Waals surface area (Å²) in [4.78, 5) is 10.9. The standard InChI is InChI=1S/C13H15F2NO5S/c1-21-8-2-4-9(5-3-8)22(19,20)16-6-10(12(14)15)11(7-16)13(17)18/h2-5,10-12H,6-7H2,1H3,(H,17,18)/t10-,11-/m1/s1. The molecular formula is C13H15F2NO5S. The number of hydrogen-bond donors (Lipinski definition) is 1. The van der Waals surface area contributed by atoms with Crippen molar-refractivity contribution in [2.45, 2.75) is 11.3 Å².